The summed E-state index contributed by atoms with van der Waals surface area (Å²) in [5.41, 5.74) is -0.696. The molecular formula is C20H17F3N4O. The highest BCUT2D eigenvalue weighted by Gasteiger charge is 2.34. The van der Waals surface area contributed by atoms with Crippen LogP contribution in [0.25, 0.3) is 5.69 Å². The summed E-state index contributed by atoms with van der Waals surface area (Å²) >= 11 is 0. The van der Waals surface area contributed by atoms with Crippen molar-refractivity contribution in [3.63, 3.8) is 0 Å². The summed E-state index contributed by atoms with van der Waals surface area (Å²) in [5, 5.41) is 14.4. The lowest BCUT2D eigenvalue weighted by molar-refractivity contribution is -0.137. The van der Waals surface area contributed by atoms with Gasteiger partial charge in [-0.2, -0.15) is 18.3 Å². The van der Waals surface area contributed by atoms with E-state index < -0.39 is 23.2 Å². The lowest BCUT2D eigenvalue weighted by Crippen LogP contribution is -2.25. The van der Waals surface area contributed by atoms with Gasteiger partial charge in [-0.1, -0.05) is 30.3 Å². The van der Waals surface area contributed by atoms with Crippen LogP contribution < -0.4 is 10.7 Å². The molecule has 0 saturated carbocycles. The van der Waals surface area contributed by atoms with Gasteiger partial charge in [-0.15, -0.1) is 0 Å². The first-order valence-corrected chi connectivity index (χ1v) is 8.47. The summed E-state index contributed by atoms with van der Waals surface area (Å²) in [4.78, 5) is 12.4. The minimum absolute atomic E-state index is 0.00718. The molecule has 0 bridgehead atoms. The fraction of sp³-hybridized carbons (Fsp3) is 0.150. The highest BCUT2D eigenvalue weighted by atomic mass is 19.4. The second kappa shape index (κ2) is 8.08. The minimum Gasteiger partial charge on any atom is -0.376 e. The molecule has 0 amide bonds. The fourth-order valence-electron chi connectivity index (χ4n) is 2.79. The summed E-state index contributed by atoms with van der Waals surface area (Å²) in [5.74, 6) is 0. The van der Waals surface area contributed by atoms with Gasteiger partial charge in [-0.25, -0.2) is 4.68 Å². The Bertz CT molecular complexity index is 1020. The molecule has 0 fully saturated rings. The third kappa shape index (κ3) is 4.28. The Kier molecular flexibility index (Phi) is 5.58. The highest BCUT2D eigenvalue weighted by Crippen LogP contribution is 2.36. The molecule has 0 radical (unpaired) electrons. The quantitative estimate of drug-likeness (QED) is 0.615. The van der Waals surface area contributed by atoms with Crippen LogP contribution in [0.15, 0.2) is 71.7 Å². The summed E-state index contributed by atoms with van der Waals surface area (Å²) in [6, 6.07) is 14.5. The zero-order chi connectivity index (χ0) is 20.1. The molecule has 0 aliphatic heterocycles. The molecule has 28 heavy (non-hydrogen) atoms. The van der Waals surface area contributed by atoms with Gasteiger partial charge in [0.2, 0.25) is 5.43 Å². The average Bonchev–Trinajstić information content (AvgIpc) is 2.68. The Morgan fingerprint density at radius 3 is 2.43 bits per heavy atom. The SMILES string of the molecule is N=CCC(Nc1ccccc1C(F)(F)F)c1nn(-c2ccccc2)ccc1=O. The maximum atomic E-state index is 13.3. The maximum absolute atomic E-state index is 13.3. The van der Waals surface area contributed by atoms with Crippen LogP contribution in [0.5, 0.6) is 0 Å². The van der Waals surface area contributed by atoms with Gasteiger partial charge in [0.15, 0.2) is 0 Å². The molecule has 0 spiro atoms. The predicted octanol–water partition coefficient (Wildman–Crippen LogP) is 4.44. The second-order valence-electron chi connectivity index (χ2n) is 6.03. The highest BCUT2D eigenvalue weighted by molar-refractivity contribution is 5.59. The van der Waals surface area contributed by atoms with E-state index in [2.05, 4.69) is 10.4 Å². The molecule has 144 valence electrons. The third-order valence-electron chi connectivity index (χ3n) is 4.10. The first kappa shape index (κ1) is 19.3. The number of rotatable bonds is 6. The standard InChI is InChI=1S/C20H17F3N4O/c21-20(22,23)15-8-4-5-9-16(15)25-17(10-12-24)19-18(28)11-13-27(26-19)14-6-2-1-3-7-14/h1-9,11-13,17,24-25H,10H2. The summed E-state index contributed by atoms with van der Waals surface area (Å²) in [6.07, 6.45) is -2.01. The number of aromatic nitrogens is 2. The molecule has 1 unspecified atom stereocenters. The largest absolute Gasteiger partial charge is 0.418 e. The van der Waals surface area contributed by atoms with E-state index in [4.69, 9.17) is 5.41 Å². The van der Waals surface area contributed by atoms with Crippen LogP contribution in [0.2, 0.25) is 0 Å². The van der Waals surface area contributed by atoms with E-state index in [1.165, 1.54) is 35.1 Å². The van der Waals surface area contributed by atoms with Gasteiger partial charge in [0.25, 0.3) is 0 Å². The molecule has 1 atom stereocenters. The van der Waals surface area contributed by atoms with E-state index in [0.29, 0.717) is 5.69 Å². The predicted molar refractivity (Wildman–Crippen MR) is 101 cm³/mol. The first-order chi connectivity index (χ1) is 13.4. The van der Waals surface area contributed by atoms with Gasteiger partial charge in [-0.3, -0.25) is 4.79 Å². The van der Waals surface area contributed by atoms with Crippen LogP contribution in [0.1, 0.15) is 23.7 Å². The number of nitrogens with one attached hydrogen (secondary N) is 2. The Balaban J connectivity index is 2.02. The van der Waals surface area contributed by atoms with Crippen LogP contribution in [-0.2, 0) is 6.18 Å². The molecule has 0 saturated heterocycles. The van der Waals surface area contributed by atoms with E-state index in [1.54, 1.807) is 12.1 Å². The molecule has 2 N–H and O–H groups in total. The van der Waals surface area contributed by atoms with Crippen molar-refractivity contribution < 1.29 is 13.2 Å². The summed E-state index contributed by atoms with van der Waals surface area (Å²) < 4.78 is 41.3. The zero-order valence-electron chi connectivity index (χ0n) is 14.6. The van der Waals surface area contributed by atoms with Crippen molar-refractivity contribution in [2.24, 2.45) is 0 Å². The van der Waals surface area contributed by atoms with E-state index in [-0.39, 0.29) is 17.8 Å². The molecule has 1 heterocycles. The van der Waals surface area contributed by atoms with Crippen LogP contribution in [0.3, 0.4) is 0 Å². The lowest BCUT2D eigenvalue weighted by atomic mass is 10.1. The van der Waals surface area contributed by atoms with E-state index in [0.717, 1.165) is 12.3 Å². The number of para-hydroxylation sites is 2. The Morgan fingerprint density at radius 2 is 1.75 bits per heavy atom. The minimum atomic E-state index is -4.55. The molecule has 8 heteroatoms. The van der Waals surface area contributed by atoms with Gasteiger partial charge in [-0.05, 0) is 30.5 Å². The van der Waals surface area contributed by atoms with Crippen molar-refractivity contribution in [3.8, 4) is 5.69 Å². The van der Waals surface area contributed by atoms with E-state index in [1.807, 2.05) is 18.2 Å². The van der Waals surface area contributed by atoms with Crippen molar-refractivity contribution in [2.75, 3.05) is 5.32 Å². The van der Waals surface area contributed by atoms with Crippen LogP contribution in [0, 0.1) is 5.41 Å². The van der Waals surface area contributed by atoms with Crippen molar-refractivity contribution in [2.45, 2.75) is 18.6 Å². The van der Waals surface area contributed by atoms with Crippen molar-refractivity contribution in [1.29, 1.82) is 5.41 Å². The zero-order valence-corrected chi connectivity index (χ0v) is 14.6. The Morgan fingerprint density at radius 1 is 1.07 bits per heavy atom. The molecule has 5 nitrogen and oxygen atoms in total. The molecule has 3 rings (SSSR count). The monoisotopic (exact) mass is 386 g/mol. The topological polar surface area (TPSA) is 70.8 Å². The van der Waals surface area contributed by atoms with Gasteiger partial charge in [0.1, 0.15) is 5.69 Å². The molecule has 0 aliphatic rings. The van der Waals surface area contributed by atoms with Gasteiger partial charge >= 0.3 is 6.18 Å². The number of benzene rings is 2. The van der Waals surface area contributed by atoms with Crippen molar-refractivity contribution in [1.82, 2.24) is 9.78 Å². The number of hydrogen-bond acceptors (Lipinski definition) is 4. The maximum Gasteiger partial charge on any atom is 0.418 e. The smallest absolute Gasteiger partial charge is 0.376 e. The number of anilines is 1. The van der Waals surface area contributed by atoms with Crippen molar-refractivity contribution in [3.05, 3.63) is 88.3 Å². The van der Waals surface area contributed by atoms with Gasteiger partial charge < -0.3 is 10.7 Å². The third-order valence-corrected chi connectivity index (χ3v) is 4.10. The fourth-order valence-corrected chi connectivity index (χ4v) is 2.79. The molecule has 3 aromatic rings. The van der Waals surface area contributed by atoms with Gasteiger partial charge in [0.05, 0.1) is 17.3 Å². The van der Waals surface area contributed by atoms with Crippen LogP contribution >= 0.6 is 0 Å². The Labute approximate surface area is 159 Å². The summed E-state index contributed by atoms with van der Waals surface area (Å²) in [7, 11) is 0. The molecule has 1 aromatic heterocycles. The average molecular weight is 386 g/mol. The van der Waals surface area contributed by atoms with E-state index >= 15 is 0 Å². The first-order valence-electron chi connectivity index (χ1n) is 8.47. The van der Waals surface area contributed by atoms with Crippen molar-refractivity contribution >= 4 is 11.9 Å². The van der Waals surface area contributed by atoms with Gasteiger partial charge in [0, 0.05) is 24.4 Å². The lowest BCUT2D eigenvalue weighted by Gasteiger charge is -2.21. The van der Waals surface area contributed by atoms with E-state index in [9.17, 15) is 18.0 Å². The molecule has 2 aromatic carbocycles. The number of nitrogens with zero attached hydrogens (tertiary/aromatic N) is 2. The number of halogens is 3. The van der Waals surface area contributed by atoms with Crippen LogP contribution in [-0.4, -0.2) is 16.0 Å². The normalized spacial score (nSPS) is 12.4. The molecular weight excluding hydrogens is 369 g/mol. The summed E-state index contributed by atoms with van der Waals surface area (Å²) in [6.45, 7) is 0. The number of hydrogen-bond donors (Lipinski definition) is 2. The number of alkyl halides is 3. The van der Waals surface area contributed by atoms with Crippen LogP contribution in [0.4, 0.5) is 18.9 Å². The second-order valence-corrected chi connectivity index (χ2v) is 6.03. The molecule has 0 aliphatic carbocycles. The Hall–Kier alpha value is -3.42.